The normalized spacial score (nSPS) is 11.0. The van der Waals surface area contributed by atoms with Crippen LogP contribution in [0.1, 0.15) is 34.1 Å². The molecule has 0 aliphatic carbocycles. The first-order valence-corrected chi connectivity index (χ1v) is 8.34. The maximum atomic E-state index is 11.8. The zero-order valence-corrected chi connectivity index (χ0v) is 14.2. The maximum Gasteiger partial charge on any atom is 0.226 e. The molecule has 0 atom stereocenters. The summed E-state index contributed by atoms with van der Waals surface area (Å²) in [6.45, 7) is 8.04. The number of anilines is 1. The van der Waals surface area contributed by atoms with Gasteiger partial charge in [0, 0.05) is 17.4 Å². The minimum absolute atomic E-state index is 0.0107. The molecule has 0 aliphatic rings. The molecule has 1 heterocycles. The smallest absolute Gasteiger partial charge is 0.226 e. The van der Waals surface area contributed by atoms with Crippen molar-refractivity contribution >= 4 is 22.4 Å². The number of hydrogen-bond donors (Lipinski definition) is 1. The average molecular weight is 318 g/mol. The summed E-state index contributed by atoms with van der Waals surface area (Å²) in [5.74, 6) is 1.20. The number of ether oxygens (including phenoxy) is 1. The molecule has 1 aromatic heterocycles. The molecular weight excluding hydrogens is 296 g/mol. The number of hydrogen-bond acceptors (Lipinski definition) is 4. The summed E-state index contributed by atoms with van der Waals surface area (Å²) in [5, 5.41) is 5.43. The highest BCUT2D eigenvalue weighted by atomic mass is 32.1. The molecule has 1 amide bonds. The second-order valence-corrected chi connectivity index (χ2v) is 6.73. The van der Waals surface area contributed by atoms with Crippen LogP contribution in [0, 0.1) is 5.92 Å². The molecule has 1 N–H and O–H groups in total. The molecule has 0 radical (unpaired) electrons. The Morgan fingerprint density at radius 2 is 1.91 bits per heavy atom. The first-order valence-electron chi connectivity index (χ1n) is 7.46. The molecule has 2 aromatic rings. The molecule has 0 spiro atoms. The van der Waals surface area contributed by atoms with Crippen LogP contribution in [0.3, 0.4) is 0 Å². The number of nitrogens with one attached hydrogen (secondary N) is 1. The lowest BCUT2D eigenvalue weighted by atomic mass is 10.1. The van der Waals surface area contributed by atoms with Crippen LogP contribution in [0.25, 0.3) is 11.3 Å². The summed E-state index contributed by atoms with van der Waals surface area (Å²) in [5.41, 5.74) is 1.87. The molecular formula is C17H22N2O2S. The van der Waals surface area contributed by atoms with Crippen molar-refractivity contribution in [1.82, 2.24) is 4.98 Å². The first-order chi connectivity index (χ1) is 10.4. The van der Waals surface area contributed by atoms with Gasteiger partial charge in [-0.05, 0) is 44.0 Å². The second kappa shape index (κ2) is 7.40. The molecule has 0 bridgehead atoms. The van der Waals surface area contributed by atoms with Crippen molar-refractivity contribution in [3.05, 3.63) is 29.6 Å². The molecule has 4 nitrogen and oxygen atoms in total. The highest BCUT2D eigenvalue weighted by molar-refractivity contribution is 7.14. The lowest BCUT2D eigenvalue weighted by Gasteiger charge is -2.09. The third-order valence-electron chi connectivity index (χ3n) is 2.87. The van der Waals surface area contributed by atoms with Crippen LogP contribution in [0.2, 0.25) is 0 Å². The summed E-state index contributed by atoms with van der Waals surface area (Å²) in [7, 11) is 0. The van der Waals surface area contributed by atoms with Gasteiger partial charge in [-0.15, -0.1) is 11.3 Å². The number of thiazole rings is 1. The van der Waals surface area contributed by atoms with E-state index in [0.29, 0.717) is 17.5 Å². The molecule has 0 fully saturated rings. The molecule has 0 aliphatic heterocycles. The van der Waals surface area contributed by atoms with Crippen molar-refractivity contribution in [3.8, 4) is 17.0 Å². The second-order valence-electron chi connectivity index (χ2n) is 5.88. The highest BCUT2D eigenvalue weighted by Gasteiger charge is 2.09. The van der Waals surface area contributed by atoms with E-state index in [2.05, 4.69) is 10.3 Å². The van der Waals surface area contributed by atoms with E-state index >= 15 is 0 Å². The molecule has 118 valence electrons. The van der Waals surface area contributed by atoms with Crippen LogP contribution in [-0.4, -0.2) is 17.0 Å². The van der Waals surface area contributed by atoms with E-state index in [1.54, 1.807) is 0 Å². The summed E-state index contributed by atoms with van der Waals surface area (Å²) >= 11 is 1.44. The zero-order chi connectivity index (χ0) is 16.1. The summed E-state index contributed by atoms with van der Waals surface area (Å²) in [6.07, 6.45) is 0.670. The molecule has 2 rings (SSSR count). The average Bonchev–Trinajstić information content (AvgIpc) is 2.86. The lowest BCUT2D eigenvalue weighted by molar-refractivity contribution is -0.116. The largest absolute Gasteiger partial charge is 0.491 e. The minimum atomic E-state index is 0.0107. The Morgan fingerprint density at radius 1 is 1.23 bits per heavy atom. The number of benzene rings is 1. The third-order valence-corrected chi connectivity index (χ3v) is 3.62. The predicted octanol–water partition coefficient (Wildman–Crippen LogP) is 4.58. The monoisotopic (exact) mass is 318 g/mol. The van der Waals surface area contributed by atoms with Crippen molar-refractivity contribution in [2.45, 2.75) is 40.2 Å². The van der Waals surface area contributed by atoms with E-state index in [1.165, 1.54) is 11.3 Å². The summed E-state index contributed by atoms with van der Waals surface area (Å²) < 4.78 is 5.63. The topological polar surface area (TPSA) is 51.2 Å². The number of aromatic nitrogens is 1. The van der Waals surface area contributed by atoms with Crippen LogP contribution in [-0.2, 0) is 4.79 Å². The zero-order valence-electron chi connectivity index (χ0n) is 13.4. The maximum absolute atomic E-state index is 11.8. The molecule has 1 aromatic carbocycles. The fourth-order valence-corrected chi connectivity index (χ4v) is 2.72. The number of carbonyl (C=O) groups excluding carboxylic acids is 1. The van der Waals surface area contributed by atoms with E-state index in [-0.39, 0.29) is 12.0 Å². The standard InChI is InChI=1S/C17H22N2O2S/c1-11(2)9-16(20)19-17-18-15(10-22-17)13-5-7-14(8-6-13)21-12(3)4/h5-8,10-12H,9H2,1-4H3,(H,18,19,20). The van der Waals surface area contributed by atoms with Gasteiger partial charge in [-0.3, -0.25) is 4.79 Å². The van der Waals surface area contributed by atoms with Gasteiger partial charge in [0.25, 0.3) is 0 Å². The SMILES string of the molecule is CC(C)CC(=O)Nc1nc(-c2ccc(OC(C)C)cc2)cs1. The Labute approximate surface area is 135 Å². The lowest BCUT2D eigenvalue weighted by Crippen LogP contribution is -2.13. The molecule has 5 heteroatoms. The van der Waals surface area contributed by atoms with Gasteiger partial charge in [-0.1, -0.05) is 13.8 Å². The van der Waals surface area contributed by atoms with Gasteiger partial charge in [0.15, 0.2) is 5.13 Å². The number of amides is 1. The predicted molar refractivity (Wildman–Crippen MR) is 91.4 cm³/mol. The summed E-state index contributed by atoms with van der Waals surface area (Å²) in [6, 6.07) is 7.83. The molecule has 0 saturated heterocycles. The van der Waals surface area contributed by atoms with Gasteiger partial charge in [0.05, 0.1) is 11.8 Å². The van der Waals surface area contributed by atoms with E-state index in [9.17, 15) is 4.79 Å². The van der Waals surface area contributed by atoms with Crippen molar-refractivity contribution in [3.63, 3.8) is 0 Å². The number of nitrogens with zero attached hydrogens (tertiary/aromatic N) is 1. The highest BCUT2D eigenvalue weighted by Crippen LogP contribution is 2.27. The number of rotatable bonds is 6. The van der Waals surface area contributed by atoms with E-state index in [1.807, 2.05) is 57.3 Å². The Bertz CT molecular complexity index is 618. The van der Waals surface area contributed by atoms with Gasteiger partial charge >= 0.3 is 0 Å². The number of carbonyl (C=O) groups is 1. The first kappa shape index (κ1) is 16.5. The van der Waals surface area contributed by atoms with Crippen LogP contribution >= 0.6 is 11.3 Å². The van der Waals surface area contributed by atoms with Crippen LogP contribution in [0.4, 0.5) is 5.13 Å². The van der Waals surface area contributed by atoms with Crippen LogP contribution in [0.5, 0.6) is 5.75 Å². The van der Waals surface area contributed by atoms with Crippen molar-refractivity contribution in [2.24, 2.45) is 5.92 Å². The Morgan fingerprint density at radius 3 is 2.50 bits per heavy atom. The van der Waals surface area contributed by atoms with Gasteiger partial charge in [0.2, 0.25) is 5.91 Å². The quantitative estimate of drug-likeness (QED) is 0.848. The van der Waals surface area contributed by atoms with Crippen molar-refractivity contribution < 1.29 is 9.53 Å². The van der Waals surface area contributed by atoms with Crippen molar-refractivity contribution in [2.75, 3.05) is 5.32 Å². The Kier molecular flexibility index (Phi) is 5.55. The van der Waals surface area contributed by atoms with E-state index < -0.39 is 0 Å². The third kappa shape index (κ3) is 4.84. The van der Waals surface area contributed by atoms with Crippen LogP contribution < -0.4 is 10.1 Å². The van der Waals surface area contributed by atoms with Crippen LogP contribution in [0.15, 0.2) is 29.6 Å². The fourth-order valence-electron chi connectivity index (χ4n) is 1.98. The van der Waals surface area contributed by atoms with Gasteiger partial charge in [0.1, 0.15) is 5.75 Å². The van der Waals surface area contributed by atoms with Gasteiger partial charge in [-0.2, -0.15) is 0 Å². The molecule has 22 heavy (non-hydrogen) atoms. The van der Waals surface area contributed by atoms with E-state index in [4.69, 9.17) is 4.74 Å². The summed E-state index contributed by atoms with van der Waals surface area (Å²) in [4.78, 5) is 16.2. The van der Waals surface area contributed by atoms with Crippen molar-refractivity contribution in [1.29, 1.82) is 0 Å². The fraction of sp³-hybridized carbons (Fsp3) is 0.412. The van der Waals surface area contributed by atoms with Gasteiger partial charge in [-0.25, -0.2) is 4.98 Å². The molecule has 0 unspecified atom stereocenters. The van der Waals surface area contributed by atoms with E-state index in [0.717, 1.165) is 17.0 Å². The minimum Gasteiger partial charge on any atom is -0.491 e. The van der Waals surface area contributed by atoms with Gasteiger partial charge < -0.3 is 10.1 Å². The Hall–Kier alpha value is -1.88. The Balaban J connectivity index is 2.03. The molecule has 0 saturated carbocycles.